The van der Waals surface area contributed by atoms with Crippen molar-refractivity contribution in [1.29, 1.82) is 0 Å². The smallest absolute Gasteiger partial charge is 0.319 e. The average molecular weight is 271 g/mol. The van der Waals surface area contributed by atoms with Crippen molar-refractivity contribution in [2.24, 2.45) is 5.92 Å². The lowest BCUT2D eigenvalue weighted by Crippen LogP contribution is -2.48. The van der Waals surface area contributed by atoms with Crippen LogP contribution < -0.4 is 5.32 Å². The second-order valence-corrected chi connectivity index (χ2v) is 4.90. The van der Waals surface area contributed by atoms with E-state index in [0.717, 1.165) is 12.8 Å². The Morgan fingerprint density at radius 3 is 2.63 bits per heavy atom. The van der Waals surface area contributed by atoms with Gasteiger partial charge in [-0.1, -0.05) is 0 Å². The lowest BCUT2D eigenvalue weighted by Gasteiger charge is -2.33. The fraction of sp³-hybridized carbons (Fsp3) is 0.750. The Kier molecular flexibility index (Phi) is 5.59. The van der Waals surface area contributed by atoms with Crippen molar-refractivity contribution in [3.63, 3.8) is 0 Å². The van der Waals surface area contributed by atoms with E-state index in [4.69, 9.17) is 5.11 Å². The number of nitrogens with zero attached hydrogens (tertiary/aromatic N) is 2. The Labute approximate surface area is 112 Å². The van der Waals surface area contributed by atoms with Gasteiger partial charge in [0.15, 0.2) is 0 Å². The van der Waals surface area contributed by atoms with E-state index in [-0.39, 0.29) is 30.8 Å². The number of carboxylic acid groups (broad SMARTS) is 1. The number of carboxylic acids is 1. The van der Waals surface area contributed by atoms with Gasteiger partial charge in [0.25, 0.3) is 0 Å². The van der Waals surface area contributed by atoms with Gasteiger partial charge in [0.1, 0.15) is 0 Å². The maximum Gasteiger partial charge on any atom is 0.319 e. The molecule has 1 fully saturated rings. The Bertz CT molecular complexity index is 357. The summed E-state index contributed by atoms with van der Waals surface area (Å²) in [4.78, 5) is 37.2. The van der Waals surface area contributed by atoms with Crippen LogP contribution in [0.25, 0.3) is 0 Å². The van der Waals surface area contributed by atoms with Gasteiger partial charge in [-0.2, -0.15) is 0 Å². The molecule has 3 amide bonds. The van der Waals surface area contributed by atoms with Gasteiger partial charge in [0.05, 0.1) is 12.3 Å². The Hall–Kier alpha value is -1.79. The van der Waals surface area contributed by atoms with Crippen LogP contribution in [0, 0.1) is 5.92 Å². The molecule has 0 saturated carbocycles. The molecule has 0 aromatic heterocycles. The number of piperidine rings is 1. The quantitative estimate of drug-likeness (QED) is 0.751. The highest BCUT2D eigenvalue weighted by Crippen LogP contribution is 2.17. The van der Waals surface area contributed by atoms with E-state index in [1.54, 1.807) is 19.0 Å². The summed E-state index contributed by atoms with van der Waals surface area (Å²) in [5.41, 5.74) is 0. The molecule has 1 atom stereocenters. The summed E-state index contributed by atoms with van der Waals surface area (Å²) in [6.07, 6.45) is 1.44. The first-order valence-electron chi connectivity index (χ1n) is 6.37. The standard InChI is InChI=1S/C12H21N3O4/c1-14(2)12(19)15-7-3-4-9(8-15)11(18)13-6-5-10(16)17/h9H,3-8H2,1-2H3,(H,13,18)(H,16,17). The maximum atomic E-state index is 11.9. The zero-order valence-corrected chi connectivity index (χ0v) is 11.4. The second kappa shape index (κ2) is 6.96. The zero-order chi connectivity index (χ0) is 14.4. The SMILES string of the molecule is CN(C)C(=O)N1CCCC(C(=O)NCCC(=O)O)C1. The molecule has 1 heterocycles. The highest BCUT2D eigenvalue weighted by molar-refractivity contribution is 5.81. The van der Waals surface area contributed by atoms with Crippen LogP contribution in [0.2, 0.25) is 0 Å². The van der Waals surface area contributed by atoms with Crippen LogP contribution in [0.4, 0.5) is 4.79 Å². The Morgan fingerprint density at radius 1 is 1.37 bits per heavy atom. The third kappa shape index (κ3) is 4.76. The van der Waals surface area contributed by atoms with Crippen molar-refractivity contribution in [3.8, 4) is 0 Å². The normalized spacial score (nSPS) is 18.8. The highest BCUT2D eigenvalue weighted by Gasteiger charge is 2.28. The minimum Gasteiger partial charge on any atom is -0.481 e. The predicted molar refractivity (Wildman–Crippen MR) is 68.6 cm³/mol. The Morgan fingerprint density at radius 2 is 2.05 bits per heavy atom. The van der Waals surface area contributed by atoms with E-state index in [9.17, 15) is 14.4 Å². The van der Waals surface area contributed by atoms with Crippen molar-refractivity contribution in [2.75, 3.05) is 33.7 Å². The molecular formula is C12H21N3O4. The summed E-state index contributed by atoms with van der Waals surface area (Å²) in [5.74, 6) is -1.35. The molecular weight excluding hydrogens is 250 g/mol. The average Bonchev–Trinajstić information content (AvgIpc) is 2.37. The van der Waals surface area contributed by atoms with Crippen LogP contribution in [0.3, 0.4) is 0 Å². The summed E-state index contributed by atoms with van der Waals surface area (Å²) < 4.78 is 0. The third-order valence-electron chi connectivity index (χ3n) is 3.08. The number of rotatable bonds is 4. The molecule has 108 valence electrons. The summed E-state index contributed by atoms with van der Waals surface area (Å²) in [5, 5.41) is 11.1. The summed E-state index contributed by atoms with van der Waals surface area (Å²) in [6, 6.07) is -0.0944. The highest BCUT2D eigenvalue weighted by atomic mass is 16.4. The predicted octanol–water partition coefficient (Wildman–Crippen LogP) is -0.0291. The molecule has 0 spiro atoms. The molecule has 0 aliphatic carbocycles. The molecule has 1 rings (SSSR count). The van der Waals surface area contributed by atoms with Gasteiger partial charge in [-0.25, -0.2) is 4.79 Å². The third-order valence-corrected chi connectivity index (χ3v) is 3.08. The first kappa shape index (κ1) is 15.3. The van der Waals surface area contributed by atoms with Gasteiger partial charge in [0.2, 0.25) is 5.91 Å². The van der Waals surface area contributed by atoms with Gasteiger partial charge < -0.3 is 20.2 Å². The summed E-state index contributed by atoms with van der Waals surface area (Å²) in [7, 11) is 3.36. The molecule has 1 unspecified atom stereocenters. The minimum absolute atomic E-state index is 0.0845. The molecule has 0 aromatic carbocycles. The van der Waals surface area contributed by atoms with E-state index in [1.807, 2.05) is 0 Å². The lowest BCUT2D eigenvalue weighted by molar-refractivity contribution is -0.137. The molecule has 1 saturated heterocycles. The molecule has 1 aliphatic heterocycles. The van der Waals surface area contributed by atoms with Crippen LogP contribution in [-0.4, -0.2) is 66.5 Å². The van der Waals surface area contributed by atoms with Crippen LogP contribution in [-0.2, 0) is 9.59 Å². The van der Waals surface area contributed by atoms with Crippen LogP contribution >= 0.6 is 0 Å². The van der Waals surface area contributed by atoms with E-state index in [1.165, 1.54) is 4.90 Å². The number of amides is 3. The van der Waals surface area contributed by atoms with Gasteiger partial charge in [0, 0.05) is 33.7 Å². The first-order valence-corrected chi connectivity index (χ1v) is 6.37. The van der Waals surface area contributed by atoms with Crippen LogP contribution in [0.5, 0.6) is 0 Å². The maximum absolute atomic E-state index is 11.9. The van der Waals surface area contributed by atoms with Crippen LogP contribution in [0.1, 0.15) is 19.3 Å². The van der Waals surface area contributed by atoms with Crippen molar-refractivity contribution in [1.82, 2.24) is 15.1 Å². The molecule has 1 aliphatic rings. The zero-order valence-electron chi connectivity index (χ0n) is 11.4. The molecule has 7 nitrogen and oxygen atoms in total. The van der Waals surface area contributed by atoms with Crippen molar-refractivity contribution < 1.29 is 19.5 Å². The monoisotopic (exact) mass is 271 g/mol. The minimum atomic E-state index is -0.937. The van der Waals surface area contributed by atoms with Crippen LogP contribution in [0.15, 0.2) is 0 Å². The number of nitrogens with one attached hydrogen (secondary N) is 1. The number of carbonyl (C=O) groups is 3. The topological polar surface area (TPSA) is 90.0 Å². The number of carbonyl (C=O) groups excluding carboxylic acids is 2. The second-order valence-electron chi connectivity index (χ2n) is 4.90. The van der Waals surface area contributed by atoms with E-state index in [2.05, 4.69) is 5.32 Å². The molecule has 0 aromatic rings. The Balaban J connectivity index is 2.43. The molecule has 0 radical (unpaired) electrons. The van der Waals surface area contributed by atoms with Gasteiger partial charge in [-0.05, 0) is 12.8 Å². The number of hydrogen-bond acceptors (Lipinski definition) is 3. The van der Waals surface area contributed by atoms with Gasteiger partial charge >= 0.3 is 12.0 Å². The van der Waals surface area contributed by atoms with Crippen molar-refractivity contribution in [2.45, 2.75) is 19.3 Å². The van der Waals surface area contributed by atoms with E-state index < -0.39 is 5.97 Å². The largest absolute Gasteiger partial charge is 0.481 e. The fourth-order valence-corrected chi connectivity index (χ4v) is 2.08. The van der Waals surface area contributed by atoms with Gasteiger partial charge in [-0.15, -0.1) is 0 Å². The molecule has 19 heavy (non-hydrogen) atoms. The summed E-state index contributed by atoms with van der Waals surface area (Å²) >= 11 is 0. The van der Waals surface area contributed by atoms with Gasteiger partial charge in [-0.3, -0.25) is 9.59 Å². The van der Waals surface area contributed by atoms with Crippen molar-refractivity contribution in [3.05, 3.63) is 0 Å². The first-order chi connectivity index (χ1) is 8.91. The fourth-order valence-electron chi connectivity index (χ4n) is 2.08. The molecule has 7 heteroatoms. The van der Waals surface area contributed by atoms with E-state index >= 15 is 0 Å². The number of likely N-dealkylation sites (tertiary alicyclic amines) is 1. The van der Waals surface area contributed by atoms with Crippen molar-refractivity contribution >= 4 is 17.9 Å². The number of hydrogen-bond donors (Lipinski definition) is 2. The number of urea groups is 1. The molecule has 2 N–H and O–H groups in total. The van der Waals surface area contributed by atoms with E-state index in [0.29, 0.717) is 13.1 Å². The molecule has 0 bridgehead atoms. The lowest BCUT2D eigenvalue weighted by atomic mass is 9.97. The number of aliphatic carboxylic acids is 1. The summed E-state index contributed by atoms with van der Waals surface area (Å²) in [6.45, 7) is 1.19.